The SMILES string of the molecule is CCCCCCC(C)(O)CCN(C(N)=O)C(=CCCCCCCC(C)=O)C(=O)OCC. The van der Waals surface area contributed by atoms with Gasteiger partial charge in [0.1, 0.15) is 11.5 Å². The molecule has 0 aliphatic rings. The van der Waals surface area contributed by atoms with Crippen molar-refractivity contribution in [3.05, 3.63) is 11.8 Å². The number of urea groups is 1. The summed E-state index contributed by atoms with van der Waals surface area (Å²) in [6, 6.07) is -0.734. The van der Waals surface area contributed by atoms with Gasteiger partial charge in [0.25, 0.3) is 0 Å². The van der Waals surface area contributed by atoms with Crippen molar-refractivity contribution in [1.29, 1.82) is 0 Å². The molecule has 0 heterocycles. The Morgan fingerprint density at radius 3 is 2.23 bits per heavy atom. The summed E-state index contributed by atoms with van der Waals surface area (Å²) in [6.07, 6.45) is 11.7. The summed E-state index contributed by atoms with van der Waals surface area (Å²) in [5, 5.41) is 10.7. The van der Waals surface area contributed by atoms with Crippen molar-refractivity contribution >= 4 is 17.8 Å². The summed E-state index contributed by atoms with van der Waals surface area (Å²) >= 11 is 0. The van der Waals surface area contributed by atoms with Gasteiger partial charge in [-0.05, 0) is 52.9 Å². The van der Waals surface area contributed by atoms with Gasteiger partial charge in [0.2, 0.25) is 0 Å². The first kappa shape index (κ1) is 29.1. The summed E-state index contributed by atoms with van der Waals surface area (Å²) in [5.74, 6) is -0.386. The maximum absolute atomic E-state index is 12.5. The maximum Gasteiger partial charge on any atom is 0.354 e. The molecule has 0 saturated heterocycles. The molecular weight excluding hydrogens is 396 g/mol. The van der Waals surface area contributed by atoms with Gasteiger partial charge in [-0.2, -0.15) is 0 Å². The van der Waals surface area contributed by atoms with E-state index in [1.807, 2.05) is 0 Å². The lowest BCUT2D eigenvalue weighted by atomic mass is 9.94. The van der Waals surface area contributed by atoms with E-state index in [-0.39, 0.29) is 24.6 Å². The topological polar surface area (TPSA) is 110 Å². The third-order valence-electron chi connectivity index (χ3n) is 5.30. The molecule has 0 aliphatic heterocycles. The Balaban J connectivity index is 4.94. The number of carbonyl (C=O) groups is 3. The number of esters is 1. The molecule has 2 amide bonds. The van der Waals surface area contributed by atoms with E-state index < -0.39 is 17.6 Å². The smallest absolute Gasteiger partial charge is 0.354 e. The van der Waals surface area contributed by atoms with Crippen molar-refractivity contribution in [3.63, 3.8) is 0 Å². The zero-order valence-corrected chi connectivity index (χ0v) is 20.1. The first-order valence-corrected chi connectivity index (χ1v) is 11.8. The number of carbonyl (C=O) groups excluding carboxylic acids is 3. The number of aliphatic hydroxyl groups is 1. The predicted molar refractivity (Wildman–Crippen MR) is 123 cm³/mol. The van der Waals surface area contributed by atoms with Crippen LogP contribution in [0, 0.1) is 0 Å². The highest BCUT2D eigenvalue weighted by atomic mass is 16.5. The van der Waals surface area contributed by atoms with Gasteiger partial charge in [-0.25, -0.2) is 9.59 Å². The van der Waals surface area contributed by atoms with Crippen LogP contribution in [0.1, 0.15) is 105 Å². The van der Waals surface area contributed by atoms with Crippen LogP contribution in [0.4, 0.5) is 4.79 Å². The molecule has 1 atom stereocenters. The number of unbranched alkanes of at least 4 members (excludes halogenated alkanes) is 7. The minimum Gasteiger partial charge on any atom is -0.461 e. The van der Waals surface area contributed by atoms with Gasteiger partial charge in [-0.15, -0.1) is 0 Å². The van der Waals surface area contributed by atoms with Crippen LogP contribution in [0.5, 0.6) is 0 Å². The van der Waals surface area contributed by atoms with Crippen molar-refractivity contribution in [2.75, 3.05) is 13.2 Å². The number of ether oxygens (including phenoxy) is 1. The van der Waals surface area contributed by atoms with Crippen LogP contribution in [0.3, 0.4) is 0 Å². The highest BCUT2D eigenvalue weighted by molar-refractivity contribution is 5.93. The van der Waals surface area contributed by atoms with E-state index in [1.54, 1.807) is 26.8 Å². The van der Waals surface area contributed by atoms with Gasteiger partial charge >= 0.3 is 12.0 Å². The van der Waals surface area contributed by atoms with Crippen molar-refractivity contribution in [3.8, 4) is 0 Å². The molecule has 0 rings (SSSR count). The minimum absolute atomic E-state index is 0.139. The molecule has 0 radical (unpaired) electrons. The maximum atomic E-state index is 12.5. The largest absolute Gasteiger partial charge is 0.461 e. The number of hydrogen-bond donors (Lipinski definition) is 2. The van der Waals surface area contributed by atoms with Crippen LogP contribution in [0.25, 0.3) is 0 Å². The van der Waals surface area contributed by atoms with Gasteiger partial charge in [0, 0.05) is 13.0 Å². The van der Waals surface area contributed by atoms with Crippen molar-refractivity contribution < 1.29 is 24.2 Å². The van der Waals surface area contributed by atoms with E-state index in [0.29, 0.717) is 25.7 Å². The molecule has 0 saturated carbocycles. The lowest BCUT2D eigenvalue weighted by molar-refractivity contribution is -0.140. The van der Waals surface area contributed by atoms with E-state index in [1.165, 1.54) is 4.90 Å². The van der Waals surface area contributed by atoms with Crippen LogP contribution < -0.4 is 5.73 Å². The highest BCUT2D eigenvalue weighted by Gasteiger charge is 2.27. The summed E-state index contributed by atoms with van der Waals surface area (Å²) in [7, 11) is 0. The Morgan fingerprint density at radius 2 is 1.65 bits per heavy atom. The standard InChI is InChI=1S/C24H44N2O5/c1-5-7-8-14-17-24(4,30)18-19-26(23(25)29)21(22(28)31-6-2)16-13-11-9-10-12-15-20(3)27/h16,30H,5-15,17-19H2,1-4H3,(H2,25,29). The third-order valence-corrected chi connectivity index (χ3v) is 5.30. The van der Waals surface area contributed by atoms with Gasteiger partial charge in [0.05, 0.1) is 12.2 Å². The fourth-order valence-electron chi connectivity index (χ4n) is 3.38. The zero-order valence-electron chi connectivity index (χ0n) is 20.1. The Hall–Kier alpha value is -1.89. The lowest BCUT2D eigenvalue weighted by Crippen LogP contribution is -2.41. The molecule has 7 heteroatoms. The summed E-state index contributed by atoms with van der Waals surface area (Å²) in [4.78, 5) is 36.8. The molecule has 0 spiro atoms. The molecule has 0 aliphatic carbocycles. The minimum atomic E-state index is -0.933. The average molecular weight is 441 g/mol. The monoisotopic (exact) mass is 440 g/mol. The van der Waals surface area contributed by atoms with Gasteiger partial charge in [-0.3, -0.25) is 4.90 Å². The number of ketones is 1. The molecule has 0 bridgehead atoms. The predicted octanol–water partition coefficient (Wildman–Crippen LogP) is 4.86. The van der Waals surface area contributed by atoms with E-state index in [0.717, 1.165) is 51.4 Å². The Kier molecular flexibility index (Phi) is 15.7. The fourth-order valence-corrected chi connectivity index (χ4v) is 3.38. The number of nitrogens with zero attached hydrogens (tertiary/aromatic N) is 1. The second kappa shape index (κ2) is 16.8. The van der Waals surface area contributed by atoms with Gasteiger partial charge < -0.3 is 20.4 Å². The van der Waals surface area contributed by atoms with E-state index in [9.17, 15) is 19.5 Å². The molecular formula is C24H44N2O5. The Morgan fingerprint density at radius 1 is 1.00 bits per heavy atom. The van der Waals surface area contributed by atoms with Crippen molar-refractivity contribution in [2.45, 2.75) is 110 Å². The number of nitrogens with two attached hydrogens (primary N) is 1. The third kappa shape index (κ3) is 14.7. The number of allylic oxidation sites excluding steroid dienone is 1. The molecule has 3 N–H and O–H groups in total. The number of rotatable bonds is 18. The molecule has 31 heavy (non-hydrogen) atoms. The Bertz CT molecular complexity index is 572. The van der Waals surface area contributed by atoms with Gasteiger partial charge in [-0.1, -0.05) is 51.5 Å². The van der Waals surface area contributed by atoms with Crippen LogP contribution in [0.15, 0.2) is 11.8 Å². The summed E-state index contributed by atoms with van der Waals surface area (Å²) in [5.41, 5.74) is 4.77. The van der Waals surface area contributed by atoms with E-state index >= 15 is 0 Å². The molecule has 180 valence electrons. The second-order valence-electron chi connectivity index (χ2n) is 8.51. The molecule has 0 aromatic heterocycles. The highest BCUT2D eigenvalue weighted by Crippen LogP contribution is 2.21. The number of primary amides is 1. The fraction of sp³-hybridized carbons (Fsp3) is 0.792. The number of Topliss-reactive ketones (excluding diaryl/α,β-unsaturated/α-hetero) is 1. The van der Waals surface area contributed by atoms with Crippen LogP contribution in [-0.2, 0) is 14.3 Å². The number of amides is 2. The Labute approximate surface area is 188 Å². The van der Waals surface area contributed by atoms with Crippen molar-refractivity contribution in [1.82, 2.24) is 4.90 Å². The summed E-state index contributed by atoms with van der Waals surface area (Å²) < 4.78 is 5.12. The van der Waals surface area contributed by atoms with Crippen molar-refractivity contribution in [2.24, 2.45) is 5.73 Å². The first-order chi connectivity index (χ1) is 14.6. The van der Waals surface area contributed by atoms with Gasteiger partial charge in [0.15, 0.2) is 0 Å². The average Bonchev–Trinajstić information content (AvgIpc) is 2.68. The lowest BCUT2D eigenvalue weighted by Gasteiger charge is -2.28. The molecule has 0 fully saturated rings. The van der Waals surface area contributed by atoms with E-state index in [2.05, 4.69) is 6.92 Å². The summed E-state index contributed by atoms with van der Waals surface area (Å²) in [6.45, 7) is 7.54. The second-order valence-corrected chi connectivity index (χ2v) is 8.51. The van der Waals surface area contributed by atoms with Crippen LogP contribution in [-0.4, -0.2) is 46.5 Å². The molecule has 7 nitrogen and oxygen atoms in total. The van der Waals surface area contributed by atoms with E-state index in [4.69, 9.17) is 10.5 Å². The number of hydrogen-bond acceptors (Lipinski definition) is 5. The normalized spacial score (nSPS) is 13.5. The molecule has 1 unspecified atom stereocenters. The quantitative estimate of drug-likeness (QED) is 0.180. The van der Waals surface area contributed by atoms with Crippen LogP contribution >= 0.6 is 0 Å². The first-order valence-electron chi connectivity index (χ1n) is 11.8. The zero-order chi connectivity index (χ0) is 23.7. The molecule has 0 aromatic rings. The van der Waals surface area contributed by atoms with Crippen LogP contribution in [0.2, 0.25) is 0 Å². The molecule has 0 aromatic carbocycles.